The second-order valence-electron chi connectivity index (χ2n) is 3.41. The largest absolute Gasteiger partial charge is 0.271 e. The molecule has 0 amide bonds. The summed E-state index contributed by atoms with van der Waals surface area (Å²) in [4.78, 5) is 7.94. The predicted octanol–water partition coefficient (Wildman–Crippen LogP) is 2.45. The van der Waals surface area contributed by atoms with Crippen LogP contribution in [0.3, 0.4) is 0 Å². The highest BCUT2D eigenvalue weighted by Gasteiger charge is 2.17. The maximum absolute atomic E-state index is 6.23. The molecule has 0 spiro atoms. The Bertz CT molecular complexity index is 506. The van der Waals surface area contributed by atoms with Gasteiger partial charge in [-0.2, -0.15) is 0 Å². The third-order valence-corrected chi connectivity index (χ3v) is 3.68. The first kappa shape index (κ1) is 12.4. The van der Waals surface area contributed by atoms with Crippen LogP contribution >= 0.6 is 27.5 Å². The van der Waals surface area contributed by atoms with Gasteiger partial charge in [0.25, 0.3) is 0 Å². The first-order valence-electron chi connectivity index (χ1n) is 4.89. The lowest BCUT2D eigenvalue weighted by Crippen LogP contribution is -2.29. The summed E-state index contributed by atoms with van der Waals surface area (Å²) < 4.78 is 0.828. The van der Waals surface area contributed by atoms with Gasteiger partial charge in [-0.05, 0) is 27.6 Å². The van der Waals surface area contributed by atoms with Gasteiger partial charge < -0.3 is 0 Å². The number of halogens is 2. The molecule has 0 bridgehead atoms. The summed E-state index contributed by atoms with van der Waals surface area (Å²) in [5, 5.41) is 0.624. The van der Waals surface area contributed by atoms with E-state index in [9.17, 15) is 0 Å². The molecule has 0 aliphatic rings. The van der Waals surface area contributed by atoms with E-state index in [0.29, 0.717) is 5.02 Å². The summed E-state index contributed by atoms with van der Waals surface area (Å²) in [5.74, 6) is 5.58. The summed E-state index contributed by atoms with van der Waals surface area (Å²) in [7, 11) is 0. The van der Waals surface area contributed by atoms with Gasteiger partial charge >= 0.3 is 0 Å². The molecule has 6 heteroatoms. The molecule has 0 fully saturated rings. The summed E-state index contributed by atoms with van der Waals surface area (Å²) in [5.41, 5.74) is 4.45. The van der Waals surface area contributed by atoms with Crippen LogP contribution in [0.5, 0.6) is 0 Å². The normalized spacial score (nSPS) is 12.4. The number of rotatable bonds is 3. The van der Waals surface area contributed by atoms with E-state index in [-0.39, 0.29) is 6.04 Å². The van der Waals surface area contributed by atoms with Gasteiger partial charge in [0.05, 0.1) is 11.1 Å². The number of hydrazine groups is 1. The number of nitrogens with two attached hydrogens (primary N) is 1. The van der Waals surface area contributed by atoms with Crippen molar-refractivity contribution in [3.63, 3.8) is 0 Å². The molecular formula is C11H10BrClN4. The van der Waals surface area contributed by atoms with E-state index in [1.807, 2.05) is 18.2 Å². The van der Waals surface area contributed by atoms with Crippen molar-refractivity contribution in [3.05, 3.63) is 57.5 Å². The van der Waals surface area contributed by atoms with E-state index < -0.39 is 0 Å². The van der Waals surface area contributed by atoms with Crippen molar-refractivity contribution < 1.29 is 0 Å². The maximum atomic E-state index is 6.23. The van der Waals surface area contributed by atoms with Gasteiger partial charge in [0, 0.05) is 22.4 Å². The lowest BCUT2D eigenvalue weighted by molar-refractivity contribution is 0.631. The molecule has 1 aromatic carbocycles. The van der Waals surface area contributed by atoms with E-state index in [2.05, 4.69) is 31.3 Å². The molecule has 0 radical (unpaired) electrons. The molecule has 1 unspecified atom stereocenters. The highest BCUT2D eigenvalue weighted by Crippen LogP contribution is 2.32. The molecule has 1 heterocycles. The molecule has 2 aromatic rings. The van der Waals surface area contributed by atoms with E-state index >= 15 is 0 Å². The van der Waals surface area contributed by atoms with Crippen LogP contribution in [0.4, 0.5) is 0 Å². The van der Waals surface area contributed by atoms with Crippen molar-refractivity contribution in [2.45, 2.75) is 6.04 Å². The van der Waals surface area contributed by atoms with Crippen LogP contribution in [-0.2, 0) is 0 Å². The number of hydrogen-bond acceptors (Lipinski definition) is 4. The summed E-state index contributed by atoms with van der Waals surface area (Å²) >= 11 is 9.62. The molecule has 0 aliphatic heterocycles. The van der Waals surface area contributed by atoms with Crippen LogP contribution in [0.15, 0.2) is 41.4 Å². The fraction of sp³-hybridized carbons (Fsp3) is 0.0909. The quantitative estimate of drug-likeness (QED) is 0.675. The van der Waals surface area contributed by atoms with Gasteiger partial charge in [0.15, 0.2) is 0 Å². The van der Waals surface area contributed by atoms with Crippen LogP contribution in [0.2, 0.25) is 5.02 Å². The van der Waals surface area contributed by atoms with Gasteiger partial charge in [-0.3, -0.25) is 5.84 Å². The van der Waals surface area contributed by atoms with E-state index in [4.69, 9.17) is 17.4 Å². The van der Waals surface area contributed by atoms with Gasteiger partial charge in [-0.15, -0.1) is 0 Å². The molecule has 0 saturated heterocycles. The zero-order valence-corrected chi connectivity index (χ0v) is 11.1. The second kappa shape index (κ2) is 5.55. The minimum absolute atomic E-state index is 0.235. The van der Waals surface area contributed by atoms with Gasteiger partial charge in [0.2, 0.25) is 0 Å². The summed E-state index contributed by atoms with van der Waals surface area (Å²) in [6.07, 6.45) is 4.88. The molecule has 2 rings (SSSR count). The third kappa shape index (κ3) is 2.63. The van der Waals surface area contributed by atoms with E-state index in [1.54, 1.807) is 12.4 Å². The first-order valence-corrected chi connectivity index (χ1v) is 6.06. The van der Waals surface area contributed by atoms with Crippen LogP contribution in [0.25, 0.3) is 0 Å². The Morgan fingerprint density at radius 2 is 2.00 bits per heavy atom. The van der Waals surface area contributed by atoms with Gasteiger partial charge in [-0.1, -0.05) is 23.7 Å². The molecular weight excluding hydrogens is 304 g/mol. The molecule has 1 aromatic heterocycles. The van der Waals surface area contributed by atoms with Crippen molar-refractivity contribution in [2.24, 2.45) is 5.84 Å². The van der Waals surface area contributed by atoms with Crippen LogP contribution in [0, 0.1) is 0 Å². The average molecular weight is 314 g/mol. The van der Waals surface area contributed by atoms with Crippen LogP contribution in [0.1, 0.15) is 17.2 Å². The molecule has 3 N–H and O–H groups in total. The fourth-order valence-corrected chi connectivity index (χ4v) is 2.19. The van der Waals surface area contributed by atoms with Crippen LogP contribution in [-0.4, -0.2) is 9.97 Å². The molecule has 4 nitrogen and oxygen atoms in total. The minimum atomic E-state index is -0.235. The Kier molecular flexibility index (Phi) is 4.06. The van der Waals surface area contributed by atoms with E-state index in [1.165, 1.54) is 6.33 Å². The number of benzene rings is 1. The molecule has 88 valence electrons. The number of aromatic nitrogens is 2. The number of hydrogen-bond donors (Lipinski definition) is 2. The molecule has 17 heavy (non-hydrogen) atoms. The Labute approximate surface area is 112 Å². The molecule has 0 aliphatic carbocycles. The van der Waals surface area contributed by atoms with Crippen molar-refractivity contribution >= 4 is 27.5 Å². The van der Waals surface area contributed by atoms with Crippen molar-refractivity contribution in [1.82, 2.24) is 15.4 Å². The standard InChI is InChI=1S/C11H10BrClN4/c12-9-3-1-2-8(10(9)13)11(17-14)7-4-15-6-16-5-7/h1-6,11,17H,14H2. The van der Waals surface area contributed by atoms with Crippen molar-refractivity contribution in [3.8, 4) is 0 Å². The Morgan fingerprint density at radius 3 is 2.65 bits per heavy atom. The Morgan fingerprint density at radius 1 is 1.29 bits per heavy atom. The lowest BCUT2D eigenvalue weighted by Gasteiger charge is -2.17. The van der Waals surface area contributed by atoms with Crippen LogP contribution < -0.4 is 11.3 Å². The molecule has 0 saturated carbocycles. The van der Waals surface area contributed by atoms with Crippen molar-refractivity contribution in [1.29, 1.82) is 0 Å². The van der Waals surface area contributed by atoms with Gasteiger partial charge in [0.1, 0.15) is 6.33 Å². The maximum Gasteiger partial charge on any atom is 0.115 e. The number of nitrogens with one attached hydrogen (secondary N) is 1. The minimum Gasteiger partial charge on any atom is -0.271 e. The summed E-state index contributed by atoms with van der Waals surface area (Å²) in [6.45, 7) is 0. The highest BCUT2D eigenvalue weighted by atomic mass is 79.9. The summed E-state index contributed by atoms with van der Waals surface area (Å²) in [6, 6.07) is 5.45. The van der Waals surface area contributed by atoms with Crippen molar-refractivity contribution in [2.75, 3.05) is 0 Å². The Balaban J connectivity index is 2.46. The van der Waals surface area contributed by atoms with Gasteiger partial charge in [-0.25, -0.2) is 15.4 Å². The first-order chi connectivity index (χ1) is 8.24. The molecule has 1 atom stereocenters. The SMILES string of the molecule is NNC(c1cncnc1)c1cccc(Br)c1Cl. The van der Waals surface area contributed by atoms with E-state index in [0.717, 1.165) is 15.6 Å². The lowest BCUT2D eigenvalue weighted by atomic mass is 10.0. The fourth-order valence-electron chi connectivity index (χ4n) is 1.57. The zero-order valence-electron chi connectivity index (χ0n) is 8.77. The number of nitrogens with zero attached hydrogens (tertiary/aromatic N) is 2. The Hall–Kier alpha value is -1.01. The monoisotopic (exact) mass is 312 g/mol. The topological polar surface area (TPSA) is 63.8 Å². The predicted molar refractivity (Wildman–Crippen MR) is 70.4 cm³/mol. The second-order valence-corrected chi connectivity index (χ2v) is 4.65. The highest BCUT2D eigenvalue weighted by molar-refractivity contribution is 9.10. The zero-order chi connectivity index (χ0) is 12.3. The third-order valence-electron chi connectivity index (χ3n) is 2.37. The average Bonchev–Trinajstić information content (AvgIpc) is 2.37. The smallest absolute Gasteiger partial charge is 0.115 e.